The molecule has 0 bridgehead atoms. The molecule has 0 amide bonds. The largest absolute Gasteiger partial charge is 0.294 e. The molecule has 0 spiro atoms. The number of aromatic nitrogens is 3. The second-order valence-electron chi connectivity index (χ2n) is 4.64. The summed E-state index contributed by atoms with van der Waals surface area (Å²) in [7, 11) is 0. The second-order valence-corrected chi connectivity index (χ2v) is 4.64. The van der Waals surface area contributed by atoms with Crippen LogP contribution in [-0.4, -0.2) is 20.6 Å². The van der Waals surface area contributed by atoms with Gasteiger partial charge in [0.1, 0.15) is 11.5 Å². The van der Waals surface area contributed by atoms with Gasteiger partial charge in [0.05, 0.1) is 16.8 Å². The Balaban J connectivity index is 2.31. The number of nitrogens with zero attached hydrogens (tertiary/aromatic N) is 3. The van der Waals surface area contributed by atoms with Crippen LogP contribution in [0.4, 0.5) is 4.39 Å². The molecule has 0 aliphatic rings. The first-order chi connectivity index (χ1) is 9.56. The summed E-state index contributed by atoms with van der Waals surface area (Å²) in [5.41, 5.74) is 3.18. The normalized spacial score (nSPS) is 10.9. The van der Waals surface area contributed by atoms with Gasteiger partial charge in [-0.15, -0.1) is 5.10 Å². The summed E-state index contributed by atoms with van der Waals surface area (Å²) in [6, 6.07) is 9.56. The number of carbonyl (C=O) groups excluding carboxylic acids is 1. The number of hydrogen-bond donors (Lipinski definition) is 0. The summed E-state index contributed by atoms with van der Waals surface area (Å²) in [6.45, 7) is 3.34. The molecule has 0 N–H and O–H groups in total. The van der Waals surface area contributed by atoms with Crippen molar-refractivity contribution < 1.29 is 9.18 Å². The molecule has 4 nitrogen and oxygen atoms in total. The number of halogens is 1. The number of carbonyl (C=O) groups is 1. The van der Waals surface area contributed by atoms with Gasteiger partial charge in [-0.1, -0.05) is 0 Å². The fraction of sp³-hybridized carbons (Fsp3) is 0.133. The highest BCUT2D eigenvalue weighted by atomic mass is 19.1. The Hall–Kier alpha value is -2.56. The fourth-order valence-electron chi connectivity index (χ4n) is 2.19. The lowest BCUT2D eigenvalue weighted by Gasteiger charge is -1.99. The van der Waals surface area contributed by atoms with E-state index < -0.39 is 0 Å². The van der Waals surface area contributed by atoms with Crippen LogP contribution in [0.1, 0.15) is 23.0 Å². The van der Waals surface area contributed by atoms with Crippen molar-refractivity contribution in [2.45, 2.75) is 13.8 Å². The number of ketones is 1. The first-order valence-electron chi connectivity index (χ1n) is 6.20. The summed E-state index contributed by atoms with van der Waals surface area (Å²) in [5, 5.41) is 8.62. The van der Waals surface area contributed by atoms with Crippen molar-refractivity contribution in [1.29, 1.82) is 0 Å². The number of benzene rings is 1. The van der Waals surface area contributed by atoms with Crippen LogP contribution in [0.5, 0.6) is 0 Å². The first kappa shape index (κ1) is 12.5. The van der Waals surface area contributed by atoms with Crippen LogP contribution in [-0.2, 0) is 0 Å². The lowest BCUT2D eigenvalue weighted by molar-refractivity contribution is 0.102. The van der Waals surface area contributed by atoms with E-state index in [4.69, 9.17) is 0 Å². The minimum atomic E-state index is -0.323. The summed E-state index contributed by atoms with van der Waals surface area (Å²) in [4.78, 5) is 11.9. The molecule has 20 heavy (non-hydrogen) atoms. The van der Waals surface area contributed by atoms with Crippen LogP contribution in [0.15, 0.2) is 36.4 Å². The monoisotopic (exact) mass is 269 g/mol. The van der Waals surface area contributed by atoms with Gasteiger partial charge in [-0.25, -0.2) is 4.39 Å². The molecule has 0 unspecified atom stereocenters. The molecule has 3 aromatic rings. The Morgan fingerprint density at radius 3 is 2.45 bits per heavy atom. The number of Topliss-reactive ketones (excluding diaryl/α,β-unsaturated/α-hetero) is 1. The van der Waals surface area contributed by atoms with E-state index in [9.17, 15) is 9.18 Å². The van der Waals surface area contributed by atoms with Crippen molar-refractivity contribution >= 4 is 11.3 Å². The van der Waals surface area contributed by atoms with E-state index in [1.54, 1.807) is 12.1 Å². The highest BCUT2D eigenvalue weighted by molar-refractivity contribution is 6.06. The van der Waals surface area contributed by atoms with Crippen molar-refractivity contribution in [3.63, 3.8) is 0 Å². The van der Waals surface area contributed by atoms with Crippen LogP contribution in [0, 0.1) is 12.7 Å². The maximum absolute atomic E-state index is 13.0. The molecule has 0 atom stereocenters. The highest BCUT2D eigenvalue weighted by Gasteiger charge is 2.18. The third kappa shape index (κ3) is 1.97. The van der Waals surface area contributed by atoms with Gasteiger partial charge in [-0.2, -0.15) is 9.73 Å². The van der Waals surface area contributed by atoms with Crippen LogP contribution >= 0.6 is 0 Å². The van der Waals surface area contributed by atoms with E-state index in [1.807, 2.05) is 19.1 Å². The lowest BCUT2D eigenvalue weighted by atomic mass is 10.0. The fourth-order valence-corrected chi connectivity index (χ4v) is 2.19. The number of aryl methyl sites for hydroxylation is 1. The molecule has 2 heterocycles. The molecule has 0 aliphatic heterocycles. The Labute approximate surface area is 114 Å². The van der Waals surface area contributed by atoms with Crippen molar-refractivity contribution in [3.8, 4) is 11.3 Å². The zero-order valence-corrected chi connectivity index (χ0v) is 11.1. The predicted octanol–water partition coefficient (Wildman–Crippen LogP) is 3.05. The van der Waals surface area contributed by atoms with Crippen LogP contribution in [0.25, 0.3) is 16.8 Å². The SMILES string of the molecule is CC(=O)c1c(-c2ccc(F)cc2)nn2nc(C)ccc12. The molecule has 0 radical (unpaired) electrons. The van der Waals surface area contributed by atoms with Gasteiger partial charge in [-0.3, -0.25) is 4.79 Å². The Bertz CT molecular complexity index is 806. The highest BCUT2D eigenvalue weighted by Crippen LogP contribution is 2.26. The van der Waals surface area contributed by atoms with Crippen LogP contribution in [0.2, 0.25) is 0 Å². The Kier molecular flexibility index (Phi) is 2.82. The molecule has 0 saturated carbocycles. The van der Waals surface area contributed by atoms with E-state index in [-0.39, 0.29) is 11.6 Å². The molecule has 5 heteroatoms. The van der Waals surface area contributed by atoms with Gasteiger partial charge in [0, 0.05) is 5.56 Å². The smallest absolute Gasteiger partial charge is 0.164 e. The molecule has 3 rings (SSSR count). The molecular formula is C15H12FN3O. The quantitative estimate of drug-likeness (QED) is 0.672. The standard InChI is InChI=1S/C15H12FN3O/c1-9-3-8-13-14(10(2)20)15(18-19(13)17-9)11-4-6-12(16)7-5-11/h3-8H,1-2H3. The van der Waals surface area contributed by atoms with E-state index in [0.29, 0.717) is 22.3 Å². The molecule has 0 aliphatic carbocycles. The summed E-state index contributed by atoms with van der Waals surface area (Å²) in [6.07, 6.45) is 0. The van der Waals surface area contributed by atoms with E-state index in [2.05, 4.69) is 10.2 Å². The Morgan fingerprint density at radius 2 is 1.80 bits per heavy atom. The van der Waals surface area contributed by atoms with Crippen molar-refractivity contribution in [3.05, 3.63) is 53.5 Å². The zero-order valence-electron chi connectivity index (χ0n) is 11.1. The van der Waals surface area contributed by atoms with Gasteiger partial charge in [0.2, 0.25) is 0 Å². The van der Waals surface area contributed by atoms with Gasteiger partial charge in [0.15, 0.2) is 5.78 Å². The number of hydrogen-bond acceptors (Lipinski definition) is 3. The summed E-state index contributed by atoms with van der Waals surface area (Å²) >= 11 is 0. The molecular weight excluding hydrogens is 257 g/mol. The maximum atomic E-state index is 13.0. The molecule has 2 aromatic heterocycles. The topological polar surface area (TPSA) is 47.3 Å². The average molecular weight is 269 g/mol. The van der Waals surface area contributed by atoms with E-state index in [1.165, 1.54) is 23.7 Å². The van der Waals surface area contributed by atoms with Crippen molar-refractivity contribution in [2.24, 2.45) is 0 Å². The van der Waals surface area contributed by atoms with Crippen LogP contribution < -0.4 is 0 Å². The van der Waals surface area contributed by atoms with Gasteiger partial charge in [-0.05, 0) is 50.2 Å². The van der Waals surface area contributed by atoms with Gasteiger partial charge in [0.25, 0.3) is 0 Å². The number of fused-ring (bicyclic) bond motifs is 1. The zero-order chi connectivity index (χ0) is 14.3. The van der Waals surface area contributed by atoms with Crippen LogP contribution in [0.3, 0.4) is 0 Å². The molecule has 1 aromatic carbocycles. The predicted molar refractivity (Wildman–Crippen MR) is 73.1 cm³/mol. The third-order valence-electron chi connectivity index (χ3n) is 3.11. The minimum absolute atomic E-state index is 0.0926. The minimum Gasteiger partial charge on any atom is -0.294 e. The Morgan fingerprint density at radius 1 is 1.10 bits per heavy atom. The van der Waals surface area contributed by atoms with Gasteiger partial charge < -0.3 is 0 Å². The number of rotatable bonds is 2. The molecule has 100 valence electrons. The maximum Gasteiger partial charge on any atom is 0.164 e. The second kappa shape index (κ2) is 4.52. The summed E-state index contributed by atoms with van der Waals surface area (Å²) in [5.74, 6) is -0.416. The average Bonchev–Trinajstić information content (AvgIpc) is 2.77. The first-order valence-corrected chi connectivity index (χ1v) is 6.20. The van der Waals surface area contributed by atoms with Gasteiger partial charge >= 0.3 is 0 Å². The summed E-state index contributed by atoms with van der Waals surface area (Å²) < 4.78 is 14.5. The van der Waals surface area contributed by atoms with E-state index in [0.717, 1.165) is 5.69 Å². The van der Waals surface area contributed by atoms with Crippen molar-refractivity contribution in [2.75, 3.05) is 0 Å². The van der Waals surface area contributed by atoms with Crippen molar-refractivity contribution in [1.82, 2.24) is 14.8 Å². The van der Waals surface area contributed by atoms with E-state index >= 15 is 0 Å². The third-order valence-corrected chi connectivity index (χ3v) is 3.11. The molecule has 0 fully saturated rings. The molecule has 0 saturated heterocycles. The lowest BCUT2D eigenvalue weighted by Crippen LogP contribution is -1.96.